The molecule has 0 unspecified atom stereocenters. The highest BCUT2D eigenvalue weighted by Crippen LogP contribution is 2.44. The summed E-state index contributed by atoms with van der Waals surface area (Å²) in [5, 5.41) is 7.08. The Morgan fingerprint density at radius 1 is 0.902 bits per heavy atom. The monoisotopic (exact) mass is 576 g/mol. The minimum Gasteiger partial charge on any atom is -0.444 e. The summed E-state index contributed by atoms with van der Waals surface area (Å²) in [6.45, 7) is 5.26. The Labute approximate surface area is 231 Å². The maximum Gasteiger partial charge on any atom is 0.433 e. The third-order valence-electron chi connectivity index (χ3n) is 6.89. The number of amides is 1. The van der Waals surface area contributed by atoms with Crippen LogP contribution < -0.4 is 5.32 Å². The van der Waals surface area contributed by atoms with Crippen molar-refractivity contribution in [2.24, 2.45) is 0 Å². The second kappa shape index (κ2) is 9.78. The largest absolute Gasteiger partial charge is 0.444 e. The zero-order chi connectivity index (χ0) is 29.8. The van der Waals surface area contributed by atoms with E-state index in [1.165, 1.54) is 0 Å². The lowest BCUT2D eigenvalue weighted by molar-refractivity contribution is -0.148. The van der Waals surface area contributed by atoms with E-state index in [0.717, 1.165) is 12.0 Å². The number of nitrogens with one attached hydrogen (secondary N) is 1. The van der Waals surface area contributed by atoms with Gasteiger partial charge < -0.3 is 10.1 Å². The van der Waals surface area contributed by atoms with Crippen LogP contribution in [0.2, 0.25) is 0 Å². The van der Waals surface area contributed by atoms with Crippen molar-refractivity contribution in [3.8, 4) is 22.4 Å². The fourth-order valence-electron chi connectivity index (χ4n) is 4.90. The first-order chi connectivity index (χ1) is 19.1. The van der Waals surface area contributed by atoms with Crippen LogP contribution in [-0.4, -0.2) is 26.3 Å². The predicted molar refractivity (Wildman–Crippen MR) is 139 cm³/mol. The lowest BCUT2D eigenvalue weighted by Crippen LogP contribution is -2.52. The molecule has 0 radical (unpaired) electrons. The van der Waals surface area contributed by atoms with Crippen molar-refractivity contribution in [3.63, 3.8) is 0 Å². The normalized spacial score (nSPS) is 15.4. The van der Waals surface area contributed by atoms with Crippen LogP contribution in [0.4, 0.5) is 31.1 Å². The third kappa shape index (κ3) is 5.59. The molecule has 6 nitrogen and oxygen atoms in total. The highest BCUT2D eigenvalue weighted by Gasteiger charge is 2.43. The van der Waals surface area contributed by atoms with E-state index in [1.54, 1.807) is 75.4 Å². The van der Waals surface area contributed by atoms with E-state index in [9.17, 15) is 31.1 Å². The number of carbonyl (C=O) groups excluding carboxylic acids is 1. The van der Waals surface area contributed by atoms with Gasteiger partial charge in [-0.15, -0.1) is 0 Å². The van der Waals surface area contributed by atoms with Gasteiger partial charge in [-0.2, -0.15) is 31.4 Å². The molecule has 1 aliphatic carbocycles. The standard InChI is InChI=1S/C29H26F6N4O2/c1-26(2,3)41-25(40)37-27(14-7-15-27)19-12-10-18(11-13-19)23-22(17-8-5-4-6-9-17)24-36-20(28(30,31)32)16-21(29(33,34)35)39(24)38-23/h4-6,8-13,16H,7,14-15H2,1-3H3,(H,37,40). The number of aromatic nitrogens is 3. The first-order valence-corrected chi connectivity index (χ1v) is 12.8. The van der Waals surface area contributed by atoms with Crippen molar-refractivity contribution in [2.75, 3.05) is 0 Å². The molecular formula is C29H26F6N4O2. The molecule has 1 amide bonds. The second-order valence-electron chi connectivity index (χ2n) is 11.0. The van der Waals surface area contributed by atoms with Crippen LogP contribution in [0.5, 0.6) is 0 Å². The summed E-state index contributed by atoms with van der Waals surface area (Å²) in [5.74, 6) is 0. The van der Waals surface area contributed by atoms with Crippen LogP contribution in [0.1, 0.15) is 57.0 Å². The van der Waals surface area contributed by atoms with Gasteiger partial charge in [0.1, 0.15) is 17.0 Å². The van der Waals surface area contributed by atoms with Gasteiger partial charge in [0.2, 0.25) is 0 Å². The van der Waals surface area contributed by atoms with E-state index in [1.807, 2.05) is 0 Å². The van der Waals surface area contributed by atoms with Crippen LogP contribution in [0.15, 0.2) is 60.7 Å². The first kappa shape index (κ1) is 28.4. The number of hydrogen-bond donors (Lipinski definition) is 1. The van der Waals surface area contributed by atoms with Crippen LogP contribution in [0.25, 0.3) is 28.0 Å². The summed E-state index contributed by atoms with van der Waals surface area (Å²) in [6, 6.07) is 14.7. The number of ether oxygens (including phenoxy) is 1. The van der Waals surface area contributed by atoms with Gasteiger partial charge >= 0.3 is 18.4 Å². The average Bonchev–Trinajstić information content (AvgIpc) is 3.23. The smallest absolute Gasteiger partial charge is 0.433 e. The molecule has 216 valence electrons. The topological polar surface area (TPSA) is 68.5 Å². The minimum absolute atomic E-state index is 0.0280. The van der Waals surface area contributed by atoms with Crippen molar-refractivity contribution in [1.29, 1.82) is 0 Å². The number of alkyl carbamates (subject to hydrolysis) is 1. The Morgan fingerprint density at radius 2 is 1.54 bits per heavy atom. The number of benzene rings is 2. The van der Waals surface area contributed by atoms with E-state index >= 15 is 0 Å². The summed E-state index contributed by atoms with van der Waals surface area (Å²) in [7, 11) is 0. The Morgan fingerprint density at radius 3 is 2.05 bits per heavy atom. The lowest BCUT2D eigenvalue weighted by atomic mass is 9.71. The van der Waals surface area contributed by atoms with Gasteiger partial charge in [-0.05, 0) is 57.2 Å². The summed E-state index contributed by atoms with van der Waals surface area (Å²) in [4.78, 5) is 16.1. The van der Waals surface area contributed by atoms with Crippen molar-refractivity contribution in [1.82, 2.24) is 19.9 Å². The number of halogens is 6. The number of nitrogens with zero attached hydrogens (tertiary/aromatic N) is 3. The fourth-order valence-corrected chi connectivity index (χ4v) is 4.90. The van der Waals surface area contributed by atoms with Gasteiger partial charge in [0.15, 0.2) is 11.3 Å². The predicted octanol–water partition coefficient (Wildman–Crippen LogP) is 8.00. The lowest BCUT2D eigenvalue weighted by Gasteiger charge is -2.43. The summed E-state index contributed by atoms with van der Waals surface area (Å²) in [6.07, 6.45) is -8.62. The van der Waals surface area contributed by atoms with Crippen molar-refractivity contribution < 1.29 is 35.9 Å². The van der Waals surface area contributed by atoms with Crippen LogP contribution in [0.3, 0.4) is 0 Å². The van der Waals surface area contributed by atoms with E-state index in [-0.39, 0.29) is 17.3 Å². The van der Waals surface area contributed by atoms with Gasteiger partial charge in [-0.1, -0.05) is 54.6 Å². The number of alkyl halides is 6. The van der Waals surface area contributed by atoms with Crippen molar-refractivity contribution in [2.45, 2.75) is 63.5 Å². The highest BCUT2D eigenvalue weighted by atomic mass is 19.4. The van der Waals surface area contributed by atoms with Gasteiger partial charge in [0, 0.05) is 5.56 Å². The molecule has 4 aromatic rings. The molecule has 2 heterocycles. The van der Waals surface area contributed by atoms with Gasteiger partial charge in [-0.3, -0.25) is 0 Å². The summed E-state index contributed by atoms with van der Waals surface area (Å²) < 4.78 is 88.6. The first-order valence-electron chi connectivity index (χ1n) is 12.8. The van der Waals surface area contributed by atoms with Gasteiger partial charge in [0.05, 0.1) is 11.1 Å². The van der Waals surface area contributed by atoms with E-state index in [0.29, 0.717) is 28.5 Å². The summed E-state index contributed by atoms with van der Waals surface area (Å²) >= 11 is 0. The second-order valence-corrected chi connectivity index (χ2v) is 11.0. The number of hydrogen-bond acceptors (Lipinski definition) is 4. The molecule has 0 spiro atoms. The molecule has 1 saturated carbocycles. The van der Waals surface area contributed by atoms with Crippen molar-refractivity contribution >= 4 is 11.7 Å². The molecule has 41 heavy (non-hydrogen) atoms. The Bertz CT molecular complexity index is 1580. The molecule has 5 rings (SSSR count). The highest BCUT2D eigenvalue weighted by molar-refractivity contribution is 5.90. The minimum atomic E-state index is -5.13. The van der Waals surface area contributed by atoms with Gasteiger partial charge in [0.25, 0.3) is 0 Å². The van der Waals surface area contributed by atoms with Crippen LogP contribution in [-0.2, 0) is 22.6 Å². The number of carbonyl (C=O) groups is 1. The molecule has 12 heteroatoms. The fraction of sp³-hybridized carbons (Fsp3) is 0.345. The number of fused-ring (bicyclic) bond motifs is 1. The van der Waals surface area contributed by atoms with Crippen LogP contribution in [0, 0.1) is 0 Å². The quantitative estimate of drug-likeness (QED) is 0.250. The molecule has 0 aliphatic heterocycles. The molecule has 0 atom stereocenters. The SMILES string of the molecule is CC(C)(C)OC(=O)NC1(c2ccc(-c3nn4c(C(F)(F)F)cc(C(F)(F)F)nc4c3-c3ccccc3)cc2)CCC1. The molecule has 1 fully saturated rings. The molecule has 0 bridgehead atoms. The molecule has 2 aromatic carbocycles. The van der Waals surface area contributed by atoms with Crippen LogP contribution >= 0.6 is 0 Å². The molecule has 2 aromatic heterocycles. The molecule has 0 saturated heterocycles. The Kier molecular flexibility index (Phi) is 6.78. The molecular weight excluding hydrogens is 550 g/mol. The zero-order valence-corrected chi connectivity index (χ0v) is 22.3. The summed E-state index contributed by atoms with van der Waals surface area (Å²) in [5.41, 5.74) is -3.66. The van der Waals surface area contributed by atoms with Crippen molar-refractivity contribution in [3.05, 3.63) is 77.6 Å². The van der Waals surface area contributed by atoms with E-state index in [4.69, 9.17) is 4.74 Å². The maximum absolute atomic E-state index is 14.0. The van der Waals surface area contributed by atoms with Gasteiger partial charge in [-0.25, -0.2) is 14.3 Å². The maximum atomic E-state index is 14.0. The molecule has 1 aliphatic rings. The molecule has 1 N–H and O–H groups in total. The average molecular weight is 577 g/mol. The van der Waals surface area contributed by atoms with E-state index in [2.05, 4.69) is 15.4 Å². The third-order valence-corrected chi connectivity index (χ3v) is 6.89. The number of rotatable bonds is 4. The zero-order valence-electron chi connectivity index (χ0n) is 22.3. The van der Waals surface area contributed by atoms with E-state index < -0.39 is 46.6 Å². The Hall–Kier alpha value is -4.09. The Balaban J connectivity index is 1.64.